The van der Waals surface area contributed by atoms with Gasteiger partial charge in [-0.3, -0.25) is 10.1 Å². The van der Waals surface area contributed by atoms with E-state index in [2.05, 4.69) is 4.74 Å². The van der Waals surface area contributed by atoms with Crippen LogP contribution in [-0.4, -0.2) is 39.3 Å². The van der Waals surface area contributed by atoms with Crippen molar-refractivity contribution in [3.63, 3.8) is 0 Å². The summed E-state index contributed by atoms with van der Waals surface area (Å²) in [5.41, 5.74) is 0. The molecule has 1 N–H and O–H groups in total. The maximum absolute atomic E-state index is 11.5. The molecule has 22 heavy (non-hydrogen) atoms. The Bertz CT molecular complexity index is 595. The van der Waals surface area contributed by atoms with Gasteiger partial charge in [0.1, 0.15) is 5.75 Å². The largest absolute Gasteiger partial charge is 0.493 e. The number of hydrogen-bond donors (Lipinski definition) is 1. The highest BCUT2D eigenvalue weighted by atomic mass is 16.6. The third-order valence-electron chi connectivity index (χ3n) is 2.36. The summed E-state index contributed by atoms with van der Waals surface area (Å²) in [6, 6.07) is 4.43. The number of ether oxygens (including phenoxy) is 4. The number of benzene rings is 1. The number of methoxy groups -OCH3 is 3. The third kappa shape index (κ3) is 5.16. The zero-order valence-electron chi connectivity index (χ0n) is 12.2. The second-order valence-corrected chi connectivity index (χ2v) is 3.75. The van der Waals surface area contributed by atoms with Crippen molar-refractivity contribution in [2.75, 3.05) is 21.3 Å². The minimum absolute atomic E-state index is 0.153. The van der Waals surface area contributed by atoms with Gasteiger partial charge in [-0.05, 0) is 12.1 Å². The van der Waals surface area contributed by atoms with E-state index in [0.29, 0.717) is 11.5 Å². The first-order valence-electron chi connectivity index (χ1n) is 6.01. The van der Waals surface area contributed by atoms with E-state index in [1.807, 2.05) is 5.32 Å². The van der Waals surface area contributed by atoms with E-state index in [-0.39, 0.29) is 5.75 Å². The molecule has 0 spiro atoms. The summed E-state index contributed by atoms with van der Waals surface area (Å²) in [5, 5.41) is 1.91. The van der Waals surface area contributed by atoms with E-state index in [9.17, 15) is 14.4 Å². The van der Waals surface area contributed by atoms with Crippen LogP contribution in [0.4, 0.5) is 4.79 Å². The summed E-state index contributed by atoms with van der Waals surface area (Å²) in [4.78, 5) is 33.6. The van der Waals surface area contributed by atoms with Crippen molar-refractivity contribution in [2.45, 2.75) is 0 Å². The maximum Gasteiger partial charge on any atom is 0.419 e. The molecule has 0 radical (unpaired) electrons. The van der Waals surface area contributed by atoms with Crippen molar-refractivity contribution in [2.24, 2.45) is 0 Å². The number of amides is 2. The van der Waals surface area contributed by atoms with Gasteiger partial charge >= 0.3 is 12.1 Å². The predicted octanol–water partition coefficient (Wildman–Crippen LogP) is 1.05. The van der Waals surface area contributed by atoms with Gasteiger partial charge in [0.15, 0.2) is 11.5 Å². The fourth-order valence-electron chi connectivity index (χ4n) is 1.37. The third-order valence-corrected chi connectivity index (χ3v) is 2.36. The lowest BCUT2D eigenvalue weighted by Gasteiger charge is -2.09. The van der Waals surface area contributed by atoms with Crippen LogP contribution in [0.15, 0.2) is 30.4 Å². The summed E-state index contributed by atoms with van der Waals surface area (Å²) in [7, 11) is 4.07. The summed E-state index contributed by atoms with van der Waals surface area (Å²) in [5.74, 6) is -0.559. The van der Waals surface area contributed by atoms with Gasteiger partial charge in [-0.15, -0.1) is 0 Å². The molecular formula is C14H15NO7. The lowest BCUT2D eigenvalue weighted by molar-refractivity contribution is -0.135. The maximum atomic E-state index is 11.5. The van der Waals surface area contributed by atoms with Crippen LogP contribution >= 0.6 is 0 Å². The second-order valence-electron chi connectivity index (χ2n) is 3.75. The van der Waals surface area contributed by atoms with Gasteiger partial charge < -0.3 is 18.9 Å². The van der Waals surface area contributed by atoms with Crippen molar-refractivity contribution < 1.29 is 33.3 Å². The average molecular weight is 309 g/mol. The molecular weight excluding hydrogens is 294 g/mol. The average Bonchev–Trinajstić information content (AvgIpc) is 2.52. The smallest absolute Gasteiger partial charge is 0.419 e. The molecule has 0 atom stereocenters. The summed E-state index contributed by atoms with van der Waals surface area (Å²) in [6.45, 7) is 0. The Labute approximate surface area is 126 Å². The number of hydrogen-bond acceptors (Lipinski definition) is 7. The Morgan fingerprint density at radius 1 is 1.00 bits per heavy atom. The van der Waals surface area contributed by atoms with Crippen LogP contribution in [0.5, 0.6) is 17.2 Å². The number of carbonyl (C=O) groups excluding carboxylic acids is 3. The van der Waals surface area contributed by atoms with Gasteiger partial charge in [0.05, 0.1) is 21.3 Å². The molecule has 0 fully saturated rings. The van der Waals surface area contributed by atoms with Crippen molar-refractivity contribution in [3.05, 3.63) is 30.4 Å². The molecule has 0 aromatic heterocycles. The molecule has 0 aliphatic heterocycles. The topological polar surface area (TPSA) is 100 Å². The Balaban J connectivity index is 2.63. The van der Waals surface area contributed by atoms with Crippen LogP contribution in [0, 0.1) is 0 Å². The van der Waals surface area contributed by atoms with Crippen LogP contribution < -0.4 is 19.5 Å². The SMILES string of the molecule is COC(=O)/C=C/C(=O)NC(=O)Oc1ccc(OC)c(OC)c1. The van der Waals surface area contributed by atoms with Crippen molar-refractivity contribution in [3.8, 4) is 17.2 Å². The van der Waals surface area contributed by atoms with E-state index >= 15 is 0 Å². The first-order valence-corrected chi connectivity index (χ1v) is 6.01. The van der Waals surface area contributed by atoms with Crippen LogP contribution in [0.25, 0.3) is 0 Å². The molecule has 2 amide bonds. The van der Waals surface area contributed by atoms with Crippen molar-refractivity contribution >= 4 is 18.0 Å². The van der Waals surface area contributed by atoms with E-state index in [1.165, 1.54) is 26.4 Å². The lowest BCUT2D eigenvalue weighted by atomic mass is 10.3. The van der Waals surface area contributed by atoms with Crippen molar-refractivity contribution in [1.29, 1.82) is 0 Å². The molecule has 0 saturated heterocycles. The summed E-state index contributed by atoms with van der Waals surface area (Å²) < 4.78 is 19.3. The van der Waals surface area contributed by atoms with Crippen LogP contribution in [0.3, 0.4) is 0 Å². The first kappa shape index (κ1) is 17.0. The number of esters is 1. The van der Waals surface area contributed by atoms with Crippen LogP contribution in [0.1, 0.15) is 0 Å². The highest BCUT2D eigenvalue weighted by Gasteiger charge is 2.11. The van der Waals surface area contributed by atoms with E-state index in [4.69, 9.17) is 14.2 Å². The zero-order chi connectivity index (χ0) is 16.5. The second kappa shape index (κ2) is 8.30. The van der Waals surface area contributed by atoms with E-state index < -0.39 is 18.0 Å². The summed E-state index contributed by atoms with van der Waals surface area (Å²) >= 11 is 0. The molecule has 0 unspecified atom stereocenters. The standard InChI is InChI=1S/C14H15NO7/c1-19-10-5-4-9(8-11(10)20-2)22-14(18)15-12(16)6-7-13(17)21-3/h4-8H,1-3H3,(H,15,16,18)/b7-6+. The Morgan fingerprint density at radius 3 is 2.27 bits per heavy atom. The van der Waals surface area contributed by atoms with Crippen LogP contribution in [0.2, 0.25) is 0 Å². The minimum atomic E-state index is -1.01. The normalized spacial score (nSPS) is 9.95. The number of imide groups is 1. The zero-order valence-corrected chi connectivity index (χ0v) is 12.2. The number of nitrogens with one attached hydrogen (secondary N) is 1. The molecule has 8 nitrogen and oxygen atoms in total. The molecule has 118 valence electrons. The molecule has 0 aliphatic carbocycles. The van der Waals surface area contributed by atoms with Gasteiger partial charge in [-0.2, -0.15) is 0 Å². The lowest BCUT2D eigenvalue weighted by Crippen LogP contribution is -2.31. The van der Waals surface area contributed by atoms with Crippen molar-refractivity contribution in [1.82, 2.24) is 5.32 Å². The molecule has 1 aromatic carbocycles. The molecule has 8 heteroatoms. The first-order chi connectivity index (χ1) is 10.5. The van der Waals surface area contributed by atoms with Gasteiger partial charge in [0.25, 0.3) is 5.91 Å². The Hall–Kier alpha value is -3.03. The van der Waals surface area contributed by atoms with Gasteiger partial charge in [-0.1, -0.05) is 0 Å². The highest BCUT2D eigenvalue weighted by molar-refractivity contribution is 6.01. The van der Waals surface area contributed by atoms with E-state index in [0.717, 1.165) is 19.3 Å². The predicted molar refractivity (Wildman–Crippen MR) is 74.9 cm³/mol. The van der Waals surface area contributed by atoms with Crippen LogP contribution in [-0.2, 0) is 14.3 Å². The molecule has 1 rings (SSSR count). The fraction of sp³-hybridized carbons (Fsp3) is 0.214. The minimum Gasteiger partial charge on any atom is -0.493 e. The highest BCUT2D eigenvalue weighted by Crippen LogP contribution is 2.30. The Morgan fingerprint density at radius 2 is 1.68 bits per heavy atom. The van der Waals surface area contributed by atoms with Gasteiger partial charge in [0, 0.05) is 18.2 Å². The molecule has 0 bridgehead atoms. The fourth-order valence-corrected chi connectivity index (χ4v) is 1.37. The molecule has 0 saturated carbocycles. The quantitative estimate of drug-likeness (QED) is 0.641. The van der Waals surface area contributed by atoms with Gasteiger partial charge in [-0.25, -0.2) is 9.59 Å². The molecule has 0 heterocycles. The Kier molecular flexibility index (Phi) is 6.42. The summed E-state index contributed by atoms with van der Waals surface area (Å²) in [6.07, 6.45) is 0.715. The molecule has 1 aromatic rings. The van der Waals surface area contributed by atoms with Gasteiger partial charge in [0.2, 0.25) is 0 Å². The number of carbonyl (C=O) groups is 3. The number of rotatable bonds is 5. The van der Waals surface area contributed by atoms with E-state index in [1.54, 1.807) is 6.07 Å². The molecule has 0 aliphatic rings. The monoisotopic (exact) mass is 309 g/mol.